The third-order valence-corrected chi connectivity index (χ3v) is 9.10. The molecule has 39 heavy (non-hydrogen) atoms. The van der Waals surface area contributed by atoms with E-state index in [1.54, 1.807) is 19.1 Å². The summed E-state index contributed by atoms with van der Waals surface area (Å²) in [7, 11) is 0. The summed E-state index contributed by atoms with van der Waals surface area (Å²) in [6.07, 6.45) is 12.3. The van der Waals surface area contributed by atoms with Crippen LogP contribution < -0.4 is 5.32 Å². The summed E-state index contributed by atoms with van der Waals surface area (Å²) in [5.74, 6) is -3.12. The highest BCUT2D eigenvalue weighted by Crippen LogP contribution is 2.56. The summed E-state index contributed by atoms with van der Waals surface area (Å²) in [6.45, 7) is 3.80. The standard InChI is InChI=1S/C29H41N3O7/c1-3-19(17-33)32-25-27(36)31(20-10-6-4-7-11-20)15-9-5-8-12-22(34)30-16-18(2)38-28(37)23-21-13-14-29(25,39-21)24(23)26(32)35/h5,9,13-14,18-21,23-25,33H,3-4,6-8,10-12,15-17H2,1-2H3,(H,30,34)/b9-5-/t18-,19+,21+,23-,24-,25+,29-/m1/s1. The van der Waals surface area contributed by atoms with E-state index in [0.717, 1.165) is 32.1 Å². The highest BCUT2D eigenvalue weighted by atomic mass is 16.6. The van der Waals surface area contributed by atoms with Gasteiger partial charge in [-0.1, -0.05) is 50.5 Å². The van der Waals surface area contributed by atoms with E-state index in [2.05, 4.69) is 5.32 Å². The van der Waals surface area contributed by atoms with Gasteiger partial charge in [-0.25, -0.2) is 0 Å². The number of allylic oxidation sites excluding steroid dienone is 1. The quantitative estimate of drug-likeness (QED) is 0.406. The molecule has 0 unspecified atom stereocenters. The average molecular weight is 544 g/mol. The van der Waals surface area contributed by atoms with Crippen LogP contribution in [0.2, 0.25) is 0 Å². The molecule has 2 N–H and O–H groups in total. The Morgan fingerprint density at radius 2 is 1.90 bits per heavy atom. The van der Waals surface area contributed by atoms with Gasteiger partial charge in [0.15, 0.2) is 0 Å². The van der Waals surface area contributed by atoms with Crippen molar-refractivity contribution in [2.45, 2.75) is 101 Å². The molecule has 3 fully saturated rings. The van der Waals surface area contributed by atoms with Crippen LogP contribution in [0.4, 0.5) is 0 Å². The van der Waals surface area contributed by atoms with Crippen LogP contribution in [-0.4, -0.2) is 94.2 Å². The summed E-state index contributed by atoms with van der Waals surface area (Å²) >= 11 is 0. The maximum absolute atomic E-state index is 14.6. The summed E-state index contributed by atoms with van der Waals surface area (Å²) < 4.78 is 12.1. The number of aliphatic hydroxyl groups is 1. The molecule has 10 heteroatoms. The van der Waals surface area contributed by atoms with Crippen LogP contribution >= 0.6 is 0 Å². The number of aliphatic hydroxyl groups excluding tert-OH is 1. The molecule has 7 atom stereocenters. The number of hydrogen-bond acceptors (Lipinski definition) is 7. The third kappa shape index (κ3) is 4.90. The number of likely N-dealkylation sites (tertiary alicyclic amines) is 1. The molecule has 5 bridgehead atoms. The predicted molar refractivity (Wildman–Crippen MR) is 141 cm³/mol. The number of amides is 3. The van der Waals surface area contributed by atoms with Gasteiger partial charge in [0.25, 0.3) is 0 Å². The first-order chi connectivity index (χ1) is 18.8. The SMILES string of the molecule is CC[C@@H](CO)N1C(=O)[C@H]2[C@@H]3C(=O)O[C@H](C)CNC(=O)CC/C=C\CN(C4CCCCC4)C(=O)[C@H]1[C@@]21C=C[C@@H]3O1. The molecular weight excluding hydrogens is 502 g/mol. The van der Waals surface area contributed by atoms with E-state index in [-0.39, 0.29) is 36.9 Å². The van der Waals surface area contributed by atoms with Crippen molar-refractivity contribution in [3.05, 3.63) is 24.3 Å². The molecule has 1 aliphatic carbocycles. The van der Waals surface area contributed by atoms with E-state index >= 15 is 0 Å². The molecule has 1 saturated carbocycles. The number of nitrogens with zero attached hydrogens (tertiary/aromatic N) is 2. The fraction of sp³-hybridized carbons (Fsp3) is 0.724. The second-order valence-corrected chi connectivity index (χ2v) is 11.5. The Morgan fingerprint density at radius 3 is 2.62 bits per heavy atom. The summed E-state index contributed by atoms with van der Waals surface area (Å²) in [4.78, 5) is 57.9. The number of esters is 1. The normalized spacial score (nSPS) is 37.6. The number of rotatable bonds is 4. The van der Waals surface area contributed by atoms with Gasteiger partial charge < -0.3 is 29.7 Å². The minimum absolute atomic E-state index is 0.0204. The number of nitrogens with one attached hydrogen (secondary N) is 1. The molecule has 0 aromatic rings. The van der Waals surface area contributed by atoms with Gasteiger partial charge in [0, 0.05) is 19.0 Å². The number of fused-ring (bicyclic) bond motifs is 2. The van der Waals surface area contributed by atoms with Crippen LogP contribution in [0.25, 0.3) is 0 Å². The molecule has 5 aliphatic rings. The molecule has 4 aliphatic heterocycles. The zero-order valence-corrected chi connectivity index (χ0v) is 22.9. The lowest BCUT2D eigenvalue weighted by atomic mass is 9.74. The summed E-state index contributed by atoms with van der Waals surface area (Å²) in [5.41, 5.74) is -1.30. The lowest BCUT2D eigenvalue weighted by Gasteiger charge is -2.41. The topological polar surface area (TPSA) is 125 Å². The van der Waals surface area contributed by atoms with Crippen LogP contribution in [-0.2, 0) is 28.7 Å². The smallest absolute Gasteiger partial charge is 0.313 e. The van der Waals surface area contributed by atoms with Crippen molar-refractivity contribution in [3.8, 4) is 0 Å². The first-order valence-electron chi connectivity index (χ1n) is 14.5. The highest BCUT2D eigenvalue weighted by Gasteiger charge is 2.74. The third-order valence-electron chi connectivity index (χ3n) is 9.10. The highest BCUT2D eigenvalue weighted by molar-refractivity contribution is 5.99. The van der Waals surface area contributed by atoms with Crippen LogP contribution in [0.5, 0.6) is 0 Å². The van der Waals surface area contributed by atoms with Crippen LogP contribution in [0.15, 0.2) is 24.3 Å². The Hall–Kier alpha value is -2.72. The summed E-state index contributed by atoms with van der Waals surface area (Å²) in [5, 5.41) is 13.1. The number of hydrogen-bond donors (Lipinski definition) is 2. The Balaban J connectivity index is 1.57. The van der Waals surface area contributed by atoms with Crippen molar-refractivity contribution in [1.82, 2.24) is 15.1 Å². The van der Waals surface area contributed by atoms with Gasteiger partial charge in [0.05, 0.1) is 31.2 Å². The van der Waals surface area contributed by atoms with E-state index in [0.29, 0.717) is 25.8 Å². The van der Waals surface area contributed by atoms with Gasteiger partial charge in [-0.05, 0) is 32.6 Å². The van der Waals surface area contributed by atoms with Crippen molar-refractivity contribution >= 4 is 23.7 Å². The van der Waals surface area contributed by atoms with E-state index in [1.807, 2.05) is 24.0 Å². The zero-order valence-electron chi connectivity index (χ0n) is 22.9. The Kier molecular flexibility index (Phi) is 8.14. The average Bonchev–Trinajstić information content (AvgIpc) is 3.58. The van der Waals surface area contributed by atoms with Gasteiger partial charge in [0.1, 0.15) is 23.7 Å². The van der Waals surface area contributed by atoms with Gasteiger partial charge in [-0.15, -0.1) is 0 Å². The fourth-order valence-corrected chi connectivity index (χ4v) is 7.12. The van der Waals surface area contributed by atoms with Crippen molar-refractivity contribution in [2.24, 2.45) is 11.8 Å². The number of carbonyl (C=O) groups is 4. The van der Waals surface area contributed by atoms with Crippen LogP contribution in [0.1, 0.15) is 65.2 Å². The van der Waals surface area contributed by atoms with Crippen molar-refractivity contribution < 1.29 is 33.8 Å². The monoisotopic (exact) mass is 543 g/mol. The molecule has 2 saturated heterocycles. The molecular formula is C29H41N3O7. The lowest BCUT2D eigenvalue weighted by molar-refractivity contribution is -0.159. The number of ether oxygens (including phenoxy) is 2. The Morgan fingerprint density at radius 1 is 1.13 bits per heavy atom. The lowest BCUT2D eigenvalue weighted by Crippen LogP contribution is -2.60. The minimum Gasteiger partial charge on any atom is -0.460 e. The Labute approximate surface area is 229 Å². The molecule has 10 nitrogen and oxygen atoms in total. The first-order valence-corrected chi connectivity index (χ1v) is 14.5. The number of cyclic esters (lactones) is 1. The molecule has 0 aromatic heterocycles. The largest absolute Gasteiger partial charge is 0.460 e. The first kappa shape index (κ1) is 27.8. The molecule has 5 rings (SSSR count). The van der Waals surface area contributed by atoms with Crippen molar-refractivity contribution in [1.29, 1.82) is 0 Å². The zero-order chi connectivity index (χ0) is 27.7. The van der Waals surface area contributed by atoms with Crippen LogP contribution in [0, 0.1) is 11.8 Å². The van der Waals surface area contributed by atoms with Crippen molar-refractivity contribution in [2.75, 3.05) is 19.7 Å². The van der Waals surface area contributed by atoms with E-state index in [4.69, 9.17) is 9.47 Å². The van der Waals surface area contributed by atoms with Gasteiger partial charge >= 0.3 is 5.97 Å². The van der Waals surface area contributed by atoms with Crippen LogP contribution in [0.3, 0.4) is 0 Å². The van der Waals surface area contributed by atoms with E-state index in [1.165, 1.54) is 4.90 Å². The fourth-order valence-electron chi connectivity index (χ4n) is 7.12. The van der Waals surface area contributed by atoms with E-state index in [9.17, 15) is 24.3 Å². The van der Waals surface area contributed by atoms with Gasteiger partial charge in [-0.3, -0.25) is 19.2 Å². The molecule has 4 heterocycles. The summed E-state index contributed by atoms with van der Waals surface area (Å²) in [6, 6.07) is -1.55. The maximum Gasteiger partial charge on any atom is 0.313 e. The maximum atomic E-state index is 14.6. The van der Waals surface area contributed by atoms with Crippen molar-refractivity contribution in [3.63, 3.8) is 0 Å². The second kappa shape index (κ2) is 11.4. The molecule has 214 valence electrons. The molecule has 0 aromatic carbocycles. The van der Waals surface area contributed by atoms with Gasteiger partial charge in [0.2, 0.25) is 17.7 Å². The molecule has 1 spiro atoms. The Bertz CT molecular complexity index is 1030. The molecule has 0 radical (unpaired) electrons. The van der Waals surface area contributed by atoms with E-state index < -0.39 is 47.7 Å². The van der Waals surface area contributed by atoms with Gasteiger partial charge in [-0.2, -0.15) is 0 Å². The predicted octanol–water partition coefficient (Wildman–Crippen LogP) is 1.47. The molecule has 3 amide bonds. The second-order valence-electron chi connectivity index (χ2n) is 11.5. The number of carbonyl (C=O) groups excluding carboxylic acids is 4. The minimum atomic E-state index is -1.30.